The Morgan fingerprint density at radius 2 is 2.27 bits per heavy atom. The molecule has 1 aromatic heterocycles. The molecule has 0 saturated carbocycles. The molecule has 0 unspecified atom stereocenters. The van der Waals surface area contributed by atoms with E-state index in [-0.39, 0.29) is 6.10 Å². The van der Waals surface area contributed by atoms with Crippen molar-refractivity contribution in [2.75, 3.05) is 17.6 Å². The zero-order valence-corrected chi connectivity index (χ0v) is 10.4. The minimum Gasteiger partial charge on any atom is -0.484 e. The predicted molar refractivity (Wildman–Crippen MR) is 65.7 cm³/mol. The van der Waals surface area contributed by atoms with Gasteiger partial charge in [0.2, 0.25) is 0 Å². The Bertz CT molecular complexity index is 299. The normalized spacial score (nSPS) is 10.7. The Kier molecular flexibility index (Phi) is 4.68. The molecule has 0 aliphatic carbocycles. The number of hydrogen-bond donors (Lipinski definition) is 2. The van der Waals surface area contributed by atoms with Crippen LogP contribution in [0.1, 0.15) is 33.6 Å². The third-order valence-electron chi connectivity index (χ3n) is 1.84. The van der Waals surface area contributed by atoms with Crippen molar-refractivity contribution in [2.24, 2.45) is 0 Å². The standard InChI is InChI=1S/C10H19N3OS/c1-4-5-6-12-10-8(14-7(2)3)9(11)13-15-10/h7,12H,4-6H2,1-3H3,(H2,11,13). The van der Waals surface area contributed by atoms with Gasteiger partial charge in [0.05, 0.1) is 6.10 Å². The van der Waals surface area contributed by atoms with Crippen molar-refractivity contribution in [1.82, 2.24) is 4.37 Å². The number of nitrogens with two attached hydrogens (primary N) is 1. The van der Waals surface area contributed by atoms with Crippen LogP contribution in [0.25, 0.3) is 0 Å². The van der Waals surface area contributed by atoms with Crippen molar-refractivity contribution >= 4 is 22.4 Å². The van der Waals surface area contributed by atoms with Crippen LogP contribution in [0, 0.1) is 0 Å². The maximum Gasteiger partial charge on any atom is 0.197 e. The first-order chi connectivity index (χ1) is 7.15. The number of nitrogens with zero attached hydrogens (tertiary/aromatic N) is 1. The van der Waals surface area contributed by atoms with Gasteiger partial charge in [0.1, 0.15) is 0 Å². The zero-order chi connectivity index (χ0) is 11.3. The lowest BCUT2D eigenvalue weighted by molar-refractivity contribution is 0.245. The van der Waals surface area contributed by atoms with E-state index in [2.05, 4.69) is 16.6 Å². The average Bonchev–Trinajstić information content (AvgIpc) is 2.49. The first kappa shape index (κ1) is 12.1. The lowest BCUT2D eigenvalue weighted by Crippen LogP contribution is -2.09. The van der Waals surface area contributed by atoms with Crippen molar-refractivity contribution < 1.29 is 4.74 Å². The molecular weight excluding hydrogens is 210 g/mol. The summed E-state index contributed by atoms with van der Waals surface area (Å²) in [6.07, 6.45) is 2.43. The van der Waals surface area contributed by atoms with Crippen LogP contribution >= 0.6 is 11.5 Å². The summed E-state index contributed by atoms with van der Waals surface area (Å²) in [5, 5.41) is 4.23. The molecule has 0 amide bonds. The molecule has 0 saturated heterocycles. The second-order valence-corrected chi connectivity index (χ2v) is 4.45. The molecule has 0 radical (unpaired) electrons. The van der Waals surface area contributed by atoms with E-state index in [0.29, 0.717) is 11.6 Å². The van der Waals surface area contributed by atoms with Crippen LogP contribution in [-0.4, -0.2) is 17.0 Å². The molecule has 4 nitrogen and oxygen atoms in total. The van der Waals surface area contributed by atoms with Crippen molar-refractivity contribution in [3.8, 4) is 5.75 Å². The van der Waals surface area contributed by atoms with Crippen LogP contribution in [0.15, 0.2) is 0 Å². The van der Waals surface area contributed by atoms with E-state index in [4.69, 9.17) is 10.5 Å². The summed E-state index contributed by atoms with van der Waals surface area (Å²) in [4.78, 5) is 0. The van der Waals surface area contributed by atoms with Crippen LogP contribution in [0.3, 0.4) is 0 Å². The number of ether oxygens (including phenoxy) is 1. The summed E-state index contributed by atoms with van der Waals surface area (Å²) >= 11 is 1.36. The van der Waals surface area contributed by atoms with E-state index in [1.165, 1.54) is 18.0 Å². The van der Waals surface area contributed by atoms with E-state index >= 15 is 0 Å². The number of nitrogens with one attached hydrogen (secondary N) is 1. The molecule has 0 fully saturated rings. The molecule has 0 atom stereocenters. The minimum absolute atomic E-state index is 0.121. The number of aromatic nitrogens is 1. The fourth-order valence-electron chi connectivity index (χ4n) is 1.13. The molecule has 15 heavy (non-hydrogen) atoms. The fourth-order valence-corrected chi connectivity index (χ4v) is 1.81. The highest BCUT2D eigenvalue weighted by atomic mass is 32.1. The third kappa shape index (κ3) is 3.58. The Morgan fingerprint density at radius 1 is 1.53 bits per heavy atom. The van der Waals surface area contributed by atoms with E-state index in [1.807, 2.05) is 13.8 Å². The smallest absolute Gasteiger partial charge is 0.197 e. The van der Waals surface area contributed by atoms with Crippen molar-refractivity contribution in [2.45, 2.75) is 39.7 Å². The van der Waals surface area contributed by atoms with Gasteiger partial charge in [-0.25, -0.2) is 0 Å². The van der Waals surface area contributed by atoms with Crippen LogP contribution in [0.5, 0.6) is 5.75 Å². The van der Waals surface area contributed by atoms with Gasteiger partial charge in [0, 0.05) is 6.54 Å². The second-order valence-electron chi connectivity index (χ2n) is 3.67. The van der Waals surface area contributed by atoms with E-state index in [0.717, 1.165) is 18.0 Å². The molecule has 0 bridgehead atoms. The number of hydrogen-bond acceptors (Lipinski definition) is 5. The number of unbranched alkanes of at least 4 members (excludes halogenated alkanes) is 1. The summed E-state index contributed by atoms with van der Waals surface area (Å²) in [5.41, 5.74) is 5.73. The van der Waals surface area contributed by atoms with Gasteiger partial charge in [-0.15, -0.1) is 0 Å². The summed E-state index contributed by atoms with van der Waals surface area (Å²) in [6, 6.07) is 0. The summed E-state index contributed by atoms with van der Waals surface area (Å²) < 4.78 is 9.69. The van der Waals surface area contributed by atoms with Gasteiger partial charge < -0.3 is 15.8 Å². The van der Waals surface area contributed by atoms with Crippen molar-refractivity contribution in [3.63, 3.8) is 0 Å². The van der Waals surface area contributed by atoms with Gasteiger partial charge in [-0.05, 0) is 31.8 Å². The van der Waals surface area contributed by atoms with Gasteiger partial charge in [0.25, 0.3) is 0 Å². The van der Waals surface area contributed by atoms with Crippen LogP contribution < -0.4 is 15.8 Å². The average molecular weight is 229 g/mol. The largest absolute Gasteiger partial charge is 0.484 e. The monoisotopic (exact) mass is 229 g/mol. The van der Waals surface area contributed by atoms with Gasteiger partial charge in [-0.3, -0.25) is 0 Å². The Balaban J connectivity index is 2.62. The lowest BCUT2D eigenvalue weighted by atomic mass is 10.3. The predicted octanol–water partition coefficient (Wildman–Crippen LogP) is 2.72. The molecule has 3 N–H and O–H groups in total. The van der Waals surface area contributed by atoms with E-state index < -0.39 is 0 Å². The van der Waals surface area contributed by atoms with Crippen molar-refractivity contribution in [1.29, 1.82) is 0 Å². The molecule has 0 aliphatic heterocycles. The third-order valence-corrected chi connectivity index (χ3v) is 2.64. The van der Waals surface area contributed by atoms with Crippen LogP contribution in [-0.2, 0) is 0 Å². The Morgan fingerprint density at radius 3 is 2.87 bits per heavy atom. The highest BCUT2D eigenvalue weighted by Crippen LogP contribution is 2.35. The van der Waals surface area contributed by atoms with Crippen LogP contribution in [0.2, 0.25) is 0 Å². The zero-order valence-electron chi connectivity index (χ0n) is 9.54. The number of nitrogen functional groups attached to an aromatic ring is 1. The van der Waals surface area contributed by atoms with Gasteiger partial charge in [-0.1, -0.05) is 13.3 Å². The second kappa shape index (κ2) is 5.80. The lowest BCUT2D eigenvalue weighted by Gasteiger charge is -2.11. The number of rotatable bonds is 6. The van der Waals surface area contributed by atoms with Crippen molar-refractivity contribution in [3.05, 3.63) is 0 Å². The Labute approximate surface area is 95.0 Å². The van der Waals surface area contributed by atoms with Gasteiger partial charge >= 0.3 is 0 Å². The molecule has 5 heteroatoms. The minimum atomic E-state index is 0.121. The summed E-state index contributed by atoms with van der Waals surface area (Å²) in [5.74, 6) is 1.18. The fraction of sp³-hybridized carbons (Fsp3) is 0.700. The molecule has 0 spiro atoms. The molecule has 1 rings (SSSR count). The molecule has 0 aromatic carbocycles. The molecule has 0 aliphatic rings. The highest BCUT2D eigenvalue weighted by Gasteiger charge is 2.13. The van der Waals surface area contributed by atoms with E-state index in [9.17, 15) is 0 Å². The molecule has 1 heterocycles. The topological polar surface area (TPSA) is 60.2 Å². The van der Waals surface area contributed by atoms with Gasteiger partial charge in [0.15, 0.2) is 16.6 Å². The maximum absolute atomic E-state index is 5.73. The summed E-state index contributed by atoms with van der Waals surface area (Å²) in [6.45, 7) is 7.06. The summed E-state index contributed by atoms with van der Waals surface area (Å²) in [7, 11) is 0. The molecule has 1 aromatic rings. The highest BCUT2D eigenvalue weighted by molar-refractivity contribution is 7.11. The molecule has 86 valence electrons. The Hall–Kier alpha value is -0.970. The number of anilines is 2. The van der Waals surface area contributed by atoms with Gasteiger partial charge in [-0.2, -0.15) is 4.37 Å². The first-order valence-corrected chi connectivity index (χ1v) is 6.08. The van der Waals surface area contributed by atoms with Crippen LogP contribution in [0.4, 0.5) is 10.8 Å². The maximum atomic E-state index is 5.73. The quantitative estimate of drug-likeness (QED) is 0.736. The molecular formula is C10H19N3OS. The van der Waals surface area contributed by atoms with E-state index in [1.54, 1.807) is 0 Å². The first-order valence-electron chi connectivity index (χ1n) is 5.30. The SMILES string of the molecule is CCCCNc1snc(N)c1OC(C)C.